The van der Waals surface area contributed by atoms with Crippen LogP contribution in [0.1, 0.15) is 38.3 Å². The summed E-state index contributed by atoms with van der Waals surface area (Å²) in [5.74, 6) is 0. The van der Waals surface area contributed by atoms with Crippen LogP contribution in [0.3, 0.4) is 0 Å². The molecule has 87 valence electrons. The SMILES string of the molecule is CC(C)(C)Cc1ccc2c(c1)[CH]CC(O)N2. The average molecular weight is 218 g/mol. The first kappa shape index (κ1) is 11.5. The summed E-state index contributed by atoms with van der Waals surface area (Å²) in [6.45, 7) is 6.74. The van der Waals surface area contributed by atoms with Crippen molar-refractivity contribution >= 4 is 5.69 Å². The highest BCUT2D eigenvalue weighted by atomic mass is 16.3. The molecule has 0 fully saturated rings. The third-order valence-electron chi connectivity index (χ3n) is 2.73. The summed E-state index contributed by atoms with van der Waals surface area (Å²) in [7, 11) is 0. The van der Waals surface area contributed by atoms with Crippen LogP contribution in [0.5, 0.6) is 0 Å². The van der Waals surface area contributed by atoms with Crippen LogP contribution in [-0.4, -0.2) is 11.3 Å². The first-order chi connectivity index (χ1) is 7.44. The van der Waals surface area contributed by atoms with Crippen molar-refractivity contribution in [3.63, 3.8) is 0 Å². The number of nitrogens with one attached hydrogen (secondary N) is 1. The van der Waals surface area contributed by atoms with Gasteiger partial charge in [0.2, 0.25) is 0 Å². The van der Waals surface area contributed by atoms with E-state index in [2.05, 4.69) is 50.7 Å². The number of aliphatic hydroxyl groups is 1. The summed E-state index contributed by atoms with van der Waals surface area (Å²) in [6, 6.07) is 6.43. The maximum absolute atomic E-state index is 9.47. The largest absolute Gasteiger partial charge is 0.374 e. The van der Waals surface area contributed by atoms with Gasteiger partial charge in [0.25, 0.3) is 0 Å². The molecule has 0 spiro atoms. The predicted octanol–water partition coefficient (Wildman–Crippen LogP) is 2.96. The van der Waals surface area contributed by atoms with Crippen LogP contribution < -0.4 is 5.32 Å². The van der Waals surface area contributed by atoms with Gasteiger partial charge >= 0.3 is 0 Å². The Bertz CT molecular complexity index is 379. The Morgan fingerprint density at radius 1 is 1.38 bits per heavy atom. The van der Waals surface area contributed by atoms with Gasteiger partial charge in [0.05, 0.1) is 0 Å². The predicted molar refractivity (Wildman–Crippen MR) is 67.2 cm³/mol. The third kappa shape index (κ3) is 2.76. The van der Waals surface area contributed by atoms with E-state index in [-0.39, 0.29) is 0 Å². The highest BCUT2D eigenvalue weighted by Crippen LogP contribution is 2.29. The second-order valence-corrected chi connectivity index (χ2v) is 5.76. The van der Waals surface area contributed by atoms with Gasteiger partial charge in [0, 0.05) is 5.69 Å². The molecule has 0 amide bonds. The van der Waals surface area contributed by atoms with Crippen molar-refractivity contribution in [1.82, 2.24) is 0 Å². The molecule has 1 radical (unpaired) electrons. The minimum absolute atomic E-state index is 0.315. The van der Waals surface area contributed by atoms with E-state index in [1.54, 1.807) is 0 Å². The van der Waals surface area contributed by atoms with Gasteiger partial charge in [-0.2, -0.15) is 0 Å². The number of anilines is 1. The molecule has 16 heavy (non-hydrogen) atoms. The molecule has 0 saturated heterocycles. The van der Waals surface area contributed by atoms with Crippen molar-refractivity contribution in [2.75, 3.05) is 5.32 Å². The van der Waals surface area contributed by atoms with Gasteiger partial charge in [-0.1, -0.05) is 32.9 Å². The number of hydrogen-bond acceptors (Lipinski definition) is 2. The van der Waals surface area contributed by atoms with Crippen LogP contribution in [-0.2, 0) is 6.42 Å². The number of hydrogen-bond donors (Lipinski definition) is 2. The first-order valence-corrected chi connectivity index (χ1v) is 5.85. The van der Waals surface area contributed by atoms with Gasteiger partial charge in [-0.25, -0.2) is 0 Å². The fourth-order valence-electron chi connectivity index (χ4n) is 2.11. The fraction of sp³-hybridized carbons (Fsp3) is 0.500. The van der Waals surface area contributed by atoms with E-state index in [0.717, 1.165) is 12.1 Å². The zero-order chi connectivity index (χ0) is 11.8. The van der Waals surface area contributed by atoms with E-state index in [1.807, 2.05) is 0 Å². The molecule has 2 heteroatoms. The van der Waals surface area contributed by atoms with Crippen LogP contribution in [0.15, 0.2) is 18.2 Å². The van der Waals surface area contributed by atoms with Gasteiger partial charge in [-0.3, -0.25) is 0 Å². The van der Waals surface area contributed by atoms with Crippen molar-refractivity contribution in [3.05, 3.63) is 35.7 Å². The molecule has 1 atom stereocenters. The van der Waals surface area contributed by atoms with E-state index < -0.39 is 6.23 Å². The summed E-state index contributed by atoms with van der Waals surface area (Å²) in [5, 5.41) is 12.5. The van der Waals surface area contributed by atoms with Crippen LogP contribution in [0.4, 0.5) is 5.69 Å². The molecule has 2 N–H and O–H groups in total. The lowest BCUT2D eigenvalue weighted by molar-refractivity contribution is 0.201. The molecular formula is C14H20NO. The smallest absolute Gasteiger partial charge is 0.125 e. The van der Waals surface area contributed by atoms with Gasteiger partial charge < -0.3 is 10.4 Å². The second kappa shape index (κ2) is 4.10. The molecule has 1 aromatic rings. The van der Waals surface area contributed by atoms with E-state index in [9.17, 15) is 5.11 Å². The molecule has 1 unspecified atom stereocenters. The van der Waals surface area contributed by atoms with Crippen LogP contribution in [0, 0.1) is 11.8 Å². The monoisotopic (exact) mass is 218 g/mol. The van der Waals surface area contributed by atoms with E-state index in [0.29, 0.717) is 11.8 Å². The Labute approximate surface area is 97.7 Å². The summed E-state index contributed by atoms with van der Waals surface area (Å²) in [4.78, 5) is 0. The summed E-state index contributed by atoms with van der Waals surface area (Å²) in [5.41, 5.74) is 3.93. The van der Waals surface area contributed by atoms with Gasteiger partial charge in [0.1, 0.15) is 6.23 Å². The Hall–Kier alpha value is -1.02. The minimum Gasteiger partial charge on any atom is -0.374 e. The normalized spacial score (nSPS) is 20.1. The lowest BCUT2D eigenvalue weighted by Crippen LogP contribution is -2.23. The molecule has 0 saturated carbocycles. The molecule has 2 nitrogen and oxygen atoms in total. The lowest BCUT2D eigenvalue weighted by Gasteiger charge is -2.24. The molecule has 1 aliphatic rings. The number of aliphatic hydroxyl groups excluding tert-OH is 1. The first-order valence-electron chi connectivity index (χ1n) is 5.85. The molecular weight excluding hydrogens is 198 g/mol. The van der Waals surface area contributed by atoms with Crippen molar-refractivity contribution in [2.24, 2.45) is 5.41 Å². The highest BCUT2D eigenvalue weighted by molar-refractivity contribution is 5.58. The summed E-state index contributed by atoms with van der Waals surface area (Å²) < 4.78 is 0. The topological polar surface area (TPSA) is 32.3 Å². The molecule has 1 aromatic carbocycles. The molecule has 2 rings (SSSR count). The van der Waals surface area contributed by atoms with Crippen LogP contribution >= 0.6 is 0 Å². The average Bonchev–Trinajstić information content (AvgIpc) is 2.16. The standard InChI is InChI=1S/C14H20NO/c1-14(2,3)9-10-4-6-12-11(8-10)5-7-13(16)15-12/h4-6,8,13,15-16H,7,9H2,1-3H3. The summed E-state index contributed by atoms with van der Waals surface area (Å²) in [6.07, 6.45) is 3.44. The summed E-state index contributed by atoms with van der Waals surface area (Å²) >= 11 is 0. The van der Waals surface area contributed by atoms with E-state index in [4.69, 9.17) is 0 Å². The van der Waals surface area contributed by atoms with Gasteiger partial charge in [-0.15, -0.1) is 0 Å². The fourth-order valence-corrected chi connectivity index (χ4v) is 2.11. The zero-order valence-electron chi connectivity index (χ0n) is 10.2. The maximum atomic E-state index is 9.47. The quantitative estimate of drug-likeness (QED) is 0.759. The Morgan fingerprint density at radius 3 is 2.81 bits per heavy atom. The van der Waals surface area contributed by atoms with E-state index >= 15 is 0 Å². The number of rotatable bonds is 1. The Balaban J connectivity index is 2.20. The van der Waals surface area contributed by atoms with Crippen molar-refractivity contribution in [3.8, 4) is 0 Å². The van der Waals surface area contributed by atoms with Crippen LogP contribution in [0.2, 0.25) is 0 Å². The molecule has 0 aliphatic carbocycles. The van der Waals surface area contributed by atoms with Crippen molar-refractivity contribution < 1.29 is 5.11 Å². The minimum atomic E-state index is -0.430. The molecule has 1 aliphatic heterocycles. The van der Waals surface area contributed by atoms with E-state index in [1.165, 1.54) is 11.1 Å². The number of fused-ring (bicyclic) bond motifs is 1. The number of benzene rings is 1. The maximum Gasteiger partial charge on any atom is 0.125 e. The second-order valence-electron chi connectivity index (χ2n) is 5.76. The Kier molecular flexibility index (Phi) is 2.94. The molecule has 0 bridgehead atoms. The Morgan fingerprint density at radius 2 is 2.12 bits per heavy atom. The molecule has 0 aromatic heterocycles. The van der Waals surface area contributed by atoms with Gasteiger partial charge in [-0.05, 0) is 41.9 Å². The molecule has 1 heterocycles. The van der Waals surface area contributed by atoms with Crippen molar-refractivity contribution in [1.29, 1.82) is 0 Å². The lowest BCUT2D eigenvalue weighted by atomic mass is 9.87. The zero-order valence-corrected chi connectivity index (χ0v) is 10.2. The van der Waals surface area contributed by atoms with Crippen LogP contribution in [0.25, 0.3) is 0 Å². The third-order valence-corrected chi connectivity index (χ3v) is 2.73. The highest BCUT2D eigenvalue weighted by Gasteiger charge is 2.17. The van der Waals surface area contributed by atoms with Crippen molar-refractivity contribution in [2.45, 2.75) is 39.8 Å². The van der Waals surface area contributed by atoms with Gasteiger partial charge in [0.15, 0.2) is 0 Å².